The van der Waals surface area contributed by atoms with Crippen LogP contribution < -0.4 is 10.1 Å². The third kappa shape index (κ3) is 3.56. The lowest BCUT2D eigenvalue weighted by atomic mass is 9.86. The molecule has 0 spiro atoms. The summed E-state index contributed by atoms with van der Waals surface area (Å²) < 4.78 is 7.31. The van der Waals surface area contributed by atoms with E-state index in [1.807, 2.05) is 30.3 Å². The van der Waals surface area contributed by atoms with E-state index in [1.165, 1.54) is 10.2 Å². The molecule has 7 nitrogen and oxygen atoms in total. The minimum Gasteiger partial charge on any atom is -0.491 e. The number of ether oxygens (including phenoxy) is 1. The van der Waals surface area contributed by atoms with E-state index in [-0.39, 0.29) is 5.41 Å². The Hall–Kier alpha value is -2.70. The number of rotatable bonds is 5. The fraction of sp³-hybridized carbons (Fsp3) is 0.375. The highest BCUT2D eigenvalue weighted by molar-refractivity contribution is 5.42. The van der Waals surface area contributed by atoms with Gasteiger partial charge in [-0.05, 0) is 39.6 Å². The lowest BCUT2D eigenvalue weighted by molar-refractivity contribution is 0.323. The van der Waals surface area contributed by atoms with E-state index in [9.17, 15) is 0 Å². The first-order valence-electron chi connectivity index (χ1n) is 7.56. The topological polar surface area (TPSA) is 77.2 Å². The minimum absolute atomic E-state index is 0.0523. The van der Waals surface area contributed by atoms with E-state index in [0.717, 1.165) is 5.75 Å². The molecule has 120 valence electrons. The summed E-state index contributed by atoms with van der Waals surface area (Å²) in [5, 5.41) is 18.6. The number of nitrogens with zero attached hydrogens (tertiary/aromatic N) is 5. The first kappa shape index (κ1) is 15.2. The van der Waals surface area contributed by atoms with Gasteiger partial charge >= 0.3 is 0 Å². The van der Waals surface area contributed by atoms with Crippen molar-refractivity contribution in [1.29, 1.82) is 0 Å². The van der Waals surface area contributed by atoms with Gasteiger partial charge in [0.05, 0.1) is 6.54 Å². The van der Waals surface area contributed by atoms with Gasteiger partial charge in [-0.25, -0.2) is 0 Å². The molecule has 0 radical (unpaired) electrons. The van der Waals surface area contributed by atoms with Gasteiger partial charge in [-0.3, -0.25) is 0 Å². The highest BCUT2D eigenvalue weighted by Crippen LogP contribution is 2.30. The van der Waals surface area contributed by atoms with Crippen LogP contribution in [-0.4, -0.2) is 38.4 Å². The van der Waals surface area contributed by atoms with Gasteiger partial charge in [-0.15, -0.1) is 14.8 Å². The average molecular weight is 312 g/mol. The second-order valence-corrected chi connectivity index (χ2v) is 6.27. The predicted octanol–water partition coefficient (Wildman–Crippen LogP) is 2.31. The molecule has 0 aliphatic rings. The zero-order valence-corrected chi connectivity index (χ0v) is 13.5. The van der Waals surface area contributed by atoms with Crippen LogP contribution in [0.2, 0.25) is 0 Å². The Bertz CT molecular complexity index is 792. The minimum atomic E-state index is 0.0523. The number of fused-ring (bicyclic) bond motifs is 1. The van der Waals surface area contributed by atoms with E-state index in [2.05, 4.69) is 52.8 Å². The number of hydrogen-bond donors (Lipinski definition) is 1. The van der Waals surface area contributed by atoms with E-state index in [4.69, 9.17) is 4.74 Å². The zero-order valence-electron chi connectivity index (χ0n) is 13.5. The lowest BCUT2D eigenvalue weighted by Crippen LogP contribution is -2.17. The Morgan fingerprint density at radius 1 is 1.13 bits per heavy atom. The van der Waals surface area contributed by atoms with Crippen LogP contribution in [0.3, 0.4) is 0 Å². The van der Waals surface area contributed by atoms with Crippen LogP contribution in [0.5, 0.6) is 5.75 Å². The van der Waals surface area contributed by atoms with Crippen molar-refractivity contribution in [3.63, 3.8) is 0 Å². The van der Waals surface area contributed by atoms with E-state index < -0.39 is 0 Å². The van der Waals surface area contributed by atoms with Gasteiger partial charge in [0.15, 0.2) is 5.65 Å². The number of hydrogen-bond acceptors (Lipinski definition) is 6. The molecule has 2 aromatic heterocycles. The summed E-state index contributed by atoms with van der Waals surface area (Å²) in [5.41, 5.74) is 1.87. The van der Waals surface area contributed by atoms with Crippen molar-refractivity contribution in [1.82, 2.24) is 25.3 Å². The van der Waals surface area contributed by atoms with Crippen molar-refractivity contribution < 1.29 is 4.74 Å². The molecular weight excluding hydrogens is 292 g/mol. The predicted molar refractivity (Wildman–Crippen MR) is 87.7 cm³/mol. The first-order chi connectivity index (χ1) is 11.0. The maximum absolute atomic E-state index is 5.92. The number of benzene rings is 1. The van der Waals surface area contributed by atoms with Crippen molar-refractivity contribution in [3.05, 3.63) is 42.0 Å². The molecular formula is C16H20N6O. The molecule has 3 rings (SSSR count). The summed E-state index contributed by atoms with van der Waals surface area (Å²) >= 11 is 0. The fourth-order valence-electron chi connectivity index (χ4n) is 2.30. The van der Waals surface area contributed by atoms with Crippen molar-refractivity contribution >= 4 is 11.5 Å². The van der Waals surface area contributed by atoms with E-state index in [0.29, 0.717) is 24.6 Å². The molecule has 1 N–H and O–H groups in total. The van der Waals surface area contributed by atoms with Crippen LogP contribution in [0, 0.1) is 0 Å². The number of tetrazole rings is 1. The van der Waals surface area contributed by atoms with Gasteiger partial charge in [-0.1, -0.05) is 39.0 Å². The van der Waals surface area contributed by atoms with Crippen molar-refractivity contribution in [2.24, 2.45) is 0 Å². The van der Waals surface area contributed by atoms with Crippen LogP contribution in [0.1, 0.15) is 26.3 Å². The van der Waals surface area contributed by atoms with Gasteiger partial charge in [0.1, 0.15) is 18.2 Å². The average Bonchev–Trinajstić information content (AvgIpc) is 2.98. The second kappa shape index (κ2) is 6.20. The Kier molecular flexibility index (Phi) is 4.10. The molecule has 23 heavy (non-hydrogen) atoms. The van der Waals surface area contributed by atoms with Crippen LogP contribution in [0.4, 0.5) is 5.82 Å². The van der Waals surface area contributed by atoms with Gasteiger partial charge in [0.2, 0.25) is 0 Å². The molecule has 0 saturated carbocycles. The Balaban J connectivity index is 1.58. The Morgan fingerprint density at radius 3 is 2.78 bits per heavy atom. The van der Waals surface area contributed by atoms with Gasteiger partial charge in [0, 0.05) is 0 Å². The number of anilines is 1. The summed E-state index contributed by atoms with van der Waals surface area (Å²) in [6.07, 6.45) is 0. The zero-order chi connectivity index (χ0) is 16.3. The van der Waals surface area contributed by atoms with Gasteiger partial charge < -0.3 is 10.1 Å². The molecule has 0 fully saturated rings. The summed E-state index contributed by atoms with van der Waals surface area (Å²) in [7, 11) is 0. The first-order valence-corrected chi connectivity index (χ1v) is 7.56. The third-order valence-corrected chi connectivity index (χ3v) is 3.43. The van der Waals surface area contributed by atoms with Crippen molar-refractivity contribution in [2.75, 3.05) is 18.5 Å². The standard InChI is InChI=1S/C16H20N6O/c1-16(2,3)12-6-4-5-7-13(12)23-11-10-17-14-8-9-15-18-20-21-22(15)19-14/h4-9H,10-11H2,1-3H3,(H,17,19). The second-order valence-electron chi connectivity index (χ2n) is 6.27. The molecule has 0 saturated heterocycles. The molecule has 0 amide bonds. The highest BCUT2D eigenvalue weighted by atomic mass is 16.5. The monoisotopic (exact) mass is 312 g/mol. The largest absolute Gasteiger partial charge is 0.491 e. The number of aromatic nitrogens is 5. The lowest BCUT2D eigenvalue weighted by Gasteiger charge is -2.22. The van der Waals surface area contributed by atoms with Gasteiger partial charge in [0.25, 0.3) is 0 Å². The highest BCUT2D eigenvalue weighted by Gasteiger charge is 2.18. The molecule has 0 atom stereocenters. The molecule has 7 heteroatoms. The van der Waals surface area contributed by atoms with Crippen LogP contribution in [-0.2, 0) is 5.41 Å². The normalized spacial score (nSPS) is 11.6. The van der Waals surface area contributed by atoms with Crippen molar-refractivity contribution in [2.45, 2.75) is 26.2 Å². The number of para-hydroxylation sites is 1. The molecule has 1 aromatic carbocycles. The third-order valence-electron chi connectivity index (χ3n) is 3.43. The summed E-state index contributed by atoms with van der Waals surface area (Å²) in [6, 6.07) is 11.8. The fourth-order valence-corrected chi connectivity index (χ4v) is 2.30. The summed E-state index contributed by atoms with van der Waals surface area (Å²) in [4.78, 5) is 0. The smallest absolute Gasteiger partial charge is 0.200 e. The van der Waals surface area contributed by atoms with Crippen LogP contribution >= 0.6 is 0 Å². The van der Waals surface area contributed by atoms with Crippen molar-refractivity contribution in [3.8, 4) is 5.75 Å². The van der Waals surface area contributed by atoms with Crippen LogP contribution in [0.15, 0.2) is 36.4 Å². The maximum Gasteiger partial charge on any atom is 0.200 e. The molecule has 3 aromatic rings. The Labute approximate surface area is 134 Å². The molecule has 0 aliphatic carbocycles. The van der Waals surface area contributed by atoms with E-state index in [1.54, 1.807) is 0 Å². The Morgan fingerprint density at radius 2 is 1.96 bits per heavy atom. The number of nitrogens with one attached hydrogen (secondary N) is 1. The maximum atomic E-state index is 5.92. The summed E-state index contributed by atoms with van der Waals surface area (Å²) in [5.74, 6) is 1.63. The molecule has 0 aliphatic heterocycles. The van der Waals surface area contributed by atoms with E-state index >= 15 is 0 Å². The molecule has 0 unspecified atom stereocenters. The van der Waals surface area contributed by atoms with Crippen LogP contribution in [0.25, 0.3) is 5.65 Å². The summed E-state index contributed by atoms with van der Waals surface area (Å²) in [6.45, 7) is 7.72. The quantitative estimate of drug-likeness (QED) is 0.729. The van der Waals surface area contributed by atoms with Gasteiger partial charge in [-0.2, -0.15) is 0 Å². The molecule has 0 bridgehead atoms. The SMILES string of the molecule is CC(C)(C)c1ccccc1OCCNc1ccc2nnnn2n1. The molecule has 2 heterocycles.